The summed E-state index contributed by atoms with van der Waals surface area (Å²) < 4.78 is 15.0. The first-order valence-corrected chi connectivity index (χ1v) is 12.5. The molecule has 2 saturated carbocycles. The molecule has 0 N–H and O–H groups in total. The van der Waals surface area contributed by atoms with E-state index < -0.39 is 0 Å². The van der Waals surface area contributed by atoms with E-state index in [0.717, 1.165) is 33.4 Å². The van der Waals surface area contributed by atoms with Gasteiger partial charge in [-0.15, -0.1) is 11.3 Å². The van der Waals surface area contributed by atoms with Gasteiger partial charge in [0, 0.05) is 15.3 Å². The number of rotatable bonds is 6. The predicted octanol–water partition coefficient (Wildman–Crippen LogP) is 9.17. The zero-order valence-electron chi connectivity index (χ0n) is 17.9. The second-order valence-electron chi connectivity index (χ2n) is 9.31. The van der Waals surface area contributed by atoms with E-state index in [9.17, 15) is 0 Å². The highest BCUT2D eigenvalue weighted by Crippen LogP contribution is 2.44. The molecular weight excluding hydrogens is 387 g/mol. The molecule has 2 aliphatic rings. The van der Waals surface area contributed by atoms with Crippen molar-refractivity contribution >= 4 is 11.3 Å². The van der Waals surface area contributed by atoms with Crippen molar-refractivity contribution in [2.75, 3.05) is 0 Å². The summed E-state index contributed by atoms with van der Waals surface area (Å²) >= 11 is 1.79. The summed E-state index contributed by atoms with van der Waals surface area (Å²) in [4.78, 5) is 2.51. The van der Waals surface area contributed by atoms with Gasteiger partial charge in [0.15, 0.2) is 0 Å². The maximum atomic E-state index is 15.0. The Morgan fingerprint density at radius 2 is 1.67 bits per heavy atom. The molecule has 2 aromatic carbocycles. The van der Waals surface area contributed by atoms with Gasteiger partial charge in [0.25, 0.3) is 0 Å². The van der Waals surface area contributed by atoms with Crippen LogP contribution in [0, 0.1) is 11.7 Å². The van der Waals surface area contributed by atoms with Crippen LogP contribution >= 0.6 is 11.3 Å². The Balaban J connectivity index is 1.32. The lowest BCUT2D eigenvalue weighted by Gasteiger charge is -2.25. The van der Waals surface area contributed by atoms with Gasteiger partial charge in [0.05, 0.1) is 0 Å². The molecule has 2 aliphatic carbocycles. The second kappa shape index (κ2) is 8.67. The summed E-state index contributed by atoms with van der Waals surface area (Å²) in [5, 5.41) is 0. The molecule has 0 saturated heterocycles. The van der Waals surface area contributed by atoms with Crippen LogP contribution < -0.4 is 0 Å². The van der Waals surface area contributed by atoms with Crippen LogP contribution in [0.15, 0.2) is 54.6 Å². The molecule has 30 heavy (non-hydrogen) atoms. The van der Waals surface area contributed by atoms with E-state index in [4.69, 9.17) is 0 Å². The van der Waals surface area contributed by atoms with Crippen LogP contribution in [0.2, 0.25) is 0 Å². The lowest BCUT2D eigenvalue weighted by molar-refractivity contribution is 0.420. The molecule has 0 spiro atoms. The van der Waals surface area contributed by atoms with Crippen LogP contribution in [-0.2, 0) is 0 Å². The van der Waals surface area contributed by atoms with Gasteiger partial charge in [-0.2, -0.15) is 0 Å². The molecule has 0 amide bonds. The van der Waals surface area contributed by atoms with Crippen LogP contribution in [-0.4, -0.2) is 0 Å². The monoisotopic (exact) mass is 418 g/mol. The van der Waals surface area contributed by atoms with Crippen LogP contribution in [0.3, 0.4) is 0 Å². The van der Waals surface area contributed by atoms with Crippen molar-refractivity contribution in [2.45, 2.75) is 70.1 Å². The number of hydrogen-bond acceptors (Lipinski definition) is 1. The fraction of sp³-hybridized carbons (Fsp3) is 0.429. The third-order valence-electron chi connectivity index (χ3n) is 7.32. The maximum Gasteiger partial charge on any atom is 0.132 e. The Morgan fingerprint density at radius 1 is 0.867 bits per heavy atom. The highest BCUT2D eigenvalue weighted by Gasteiger charge is 2.26. The molecule has 5 rings (SSSR count). The summed E-state index contributed by atoms with van der Waals surface area (Å²) in [7, 11) is 0. The molecule has 1 aromatic heterocycles. The Labute approximate surface area is 184 Å². The first-order valence-electron chi connectivity index (χ1n) is 11.7. The normalized spacial score (nSPS) is 21.7. The van der Waals surface area contributed by atoms with Crippen LogP contribution in [0.25, 0.3) is 21.6 Å². The van der Waals surface area contributed by atoms with Gasteiger partial charge in [0.1, 0.15) is 5.82 Å². The van der Waals surface area contributed by atoms with Gasteiger partial charge >= 0.3 is 0 Å². The standard InChI is InChI=1S/C28H31FS/c1-2-4-19-7-8-24(17-19)27-15-16-28(30-27)25-14-13-23(18-26(25)29)22-11-9-21(10-12-22)20-5-3-6-20/h9-16,18-20,24H,2-8,17H2,1H3. The van der Waals surface area contributed by atoms with Crippen LogP contribution in [0.4, 0.5) is 4.39 Å². The number of halogens is 1. The average Bonchev–Trinajstić information content (AvgIpc) is 3.37. The van der Waals surface area contributed by atoms with E-state index >= 15 is 4.39 Å². The molecule has 2 heteroatoms. The van der Waals surface area contributed by atoms with Crippen LogP contribution in [0.5, 0.6) is 0 Å². The summed E-state index contributed by atoms with van der Waals surface area (Å²) in [6.45, 7) is 2.28. The van der Waals surface area contributed by atoms with Gasteiger partial charge in [-0.25, -0.2) is 4.39 Å². The predicted molar refractivity (Wildman–Crippen MR) is 127 cm³/mol. The molecule has 0 nitrogen and oxygen atoms in total. The summed E-state index contributed by atoms with van der Waals surface area (Å²) in [6.07, 6.45) is 10.6. The van der Waals surface area contributed by atoms with Gasteiger partial charge in [-0.3, -0.25) is 0 Å². The van der Waals surface area contributed by atoms with Crippen molar-refractivity contribution in [3.05, 3.63) is 70.9 Å². The molecular formula is C28H31FS. The minimum Gasteiger partial charge on any atom is -0.206 e. The smallest absolute Gasteiger partial charge is 0.132 e. The fourth-order valence-electron chi connectivity index (χ4n) is 5.30. The minimum atomic E-state index is -0.112. The van der Waals surface area contributed by atoms with Gasteiger partial charge in [0.2, 0.25) is 0 Å². The SMILES string of the molecule is CCCC1CCC(c2ccc(-c3ccc(-c4ccc(C5CCC5)cc4)cc3F)s2)C1. The average molecular weight is 419 g/mol. The van der Waals surface area contributed by atoms with E-state index in [0.29, 0.717) is 5.92 Å². The first-order chi connectivity index (χ1) is 14.7. The van der Waals surface area contributed by atoms with Crippen molar-refractivity contribution in [1.82, 2.24) is 0 Å². The zero-order valence-corrected chi connectivity index (χ0v) is 18.7. The molecule has 1 heterocycles. The van der Waals surface area contributed by atoms with Gasteiger partial charge in [-0.05, 0) is 90.8 Å². The lowest BCUT2D eigenvalue weighted by Crippen LogP contribution is -2.08. The molecule has 0 aliphatic heterocycles. The number of benzene rings is 2. The van der Waals surface area contributed by atoms with Gasteiger partial charge in [-0.1, -0.05) is 56.5 Å². The Kier molecular flexibility index (Phi) is 5.78. The highest BCUT2D eigenvalue weighted by atomic mass is 32.1. The van der Waals surface area contributed by atoms with E-state index in [-0.39, 0.29) is 5.82 Å². The van der Waals surface area contributed by atoms with Crippen molar-refractivity contribution in [3.63, 3.8) is 0 Å². The molecule has 3 aromatic rings. The van der Waals surface area contributed by atoms with E-state index in [2.05, 4.69) is 49.4 Å². The third kappa shape index (κ3) is 3.99. The second-order valence-corrected chi connectivity index (χ2v) is 10.4. The number of hydrogen-bond donors (Lipinski definition) is 0. The summed E-state index contributed by atoms with van der Waals surface area (Å²) in [6, 6.07) is 18.9. The topological polar surface area (TPSA) is 0 Å². The lowest BCUT2D eigenvalue weighted by atomic mass is 9.80. The zero-order chi connectivity index (χ0) is 20.5. The molecule has 156 valence electrons. The third-order valence-corrected chi connectivity index (χ3v) is 8.60. The molecule has 2 unspecified atom stereocenters. The number of thiophene rings is 1. The van der Waals surface area contributed by atoms with Crippen molar-refractivity contribution in [2.24, 2.45) is 5.92 Å². The fourth-order valence-corrected chi connectivity index (χ4v) is 6.49. The van der Waals surface area contributed by atoms with Crippen molar-refractivity contribution in [1.29, 1.82) is 0 Å². The molecule has 2 fully saturated rings. The molecule has 0 bridgehead atoms. The van der Waals surface area contributed by atoms with Crippen molar-refractivity contribution < 1.29 is 4.39 Å². The van der Waals surface area contributed by atoms with E-state index in [1.807, 2.05) is 6.07 Å². The quantitative estimate of drug-likeness (QED) is 0.374. The van der Waals surface area contributed by atoms with E-state index in [1.165, 1.54) is 61.8 Å². The Hall–Kier alpha value is -1.93. The van der Waals surface area contributed by atoms with Crippen molar-refractivity contribution in [3.8, 4) is 21.6 Å². The molecule has 0 radical (unpaired) electrons. The summed E-state index contributed by atoms with van der Waals surface area (Å²) in [5.41, 5.74) is 4.24. The first kappa shape index (κ1) is 20.0. The van der Waals surface area contributed by atoms with Crippen LogP contribution in [0.1, 0.15) is 80.6 Å². The summed E-state index contributed by atoms with van der Waals surface area (Å²) in [5.74, 6) is 2.19. The maximum absolute atomic E-state index is 15.0. The van der Waals surface area contributed by atoms with E-state index in [1.54, 1.807) is 17.4 Å². The molecule has 2 atom stereocenters. The Bertz CT molecular complexity index is 996. The largest absolute Gasteiger partial charge is 0.206 e. The highest BCUT2D eigenvalue weighted by molar-refractivity contribution is 7.15. The Morgan fingerprint density at radius 3 is 2.37 bits per heavy atom. The minimum absolute atomic E-state index is 0.112. The van der Waals surface area contributed by atoms with Gasteiger partial charge < -0.3 is 0 Å².